The first-order valence-electron chi connectivity index (χ1n) is 5.35. The summed E-state index contributed by atoms with van der Waals surface area (Å²) < 4.78 is 5.05. The van der Waals surface area contributed by atoms with Crippen molar-refractivity contribution < 1.29 is 9.21 Å². The van der Waals surface area contributed by atoms with Crippen LogP contribution in [-0.2, 0) is 6.54 Å². The predicted molar refractivity (Wildman–Crippen MR) is 65.6 cm³/mol. The summed E-state index contributed by atoms with van der Waals surface area (Å²) >= 11 is 0. The smallest absolute Gasteiger partial charge is 0.324 e. The molecule has 0 aliphatic heterocycles. The van der Waals surface area contributed by atoms with Gasteiger partial charge < -0.3 is 9.32 Å². The van der Waals surface area contributed by atoms with Crippen LogP contribution in [0.4, 0.5) is 10.7 Å². The number of carbonyl (C=O) groups is 1. The molecule has 4 heteroatoms. The summed E-state index contributed by atoms with van der Waals surface area (Å²) in [5.41, 5.74) is 1.09. The zero-order chi connectivity index (χ0) is 12.1. The van der Waals surface area contributed by atoms with E-state index in [2.05, 4.69) is 5.32 Å². The molecule has 17 heavy (non-hydrogen) atoms. The van der Waals surface area contributed by atoms with Crippen molar-refractivity contribution in [1.82, 2.24) is 4.90 Å². The number of urea groups is 1. The molecule has 1 N–H and O–H groups in total. The Labute approximate surface area is 99.8 Å². The highest BCUT2D eigenvalue weighted by atomic mass is 16.3. The maximum absolute atomic E-state index is 11.8. The summed E-state index contributed by atoms with van der Waals surface area (Å²) in [4.78, 5) is 13.4. The van der Waals surface area contributed by atoms with E-state index in [9.17, 15) is 4.79 Å². The van der Waals surface area contributed by atoms with Gasteiger partial charge in [-0.05, 0) is 11.6 Å². The zero-order valence-corrected chi connectivity index (χ0v) is 9.59. The van der Waals surface area contributed by atoms with Crippen LogP contribution < -0.4 is 5.32 Å². The Kier molecular flexibility index (Phi) is 3.45. The number of amides is 2. The Morgan fingerprint density at radius 3 is 2.65 bits per heavy atom. The quantitative estimate of drug-likeness (QED) is 0.881. The number of rotatable bonds is 3. The normalized spacial score (nSPS) is 9.94. The number of nitrogens with one attached hydrogen (secondary N) is 1. The number of furan rings is 1. The second kappa shape index (κ2) is 5.21. The summed E-state index contributed by atoms with van der Waals surface area (Å²) in [6, 6.07) is 13.1. The van der Waals surface area contributed by atoms with Gasteiger partial charge in [0.1, 0.15) is 0 Å². The molecule has 0 spiro atoms. The van der Waals surface area contributed by atoms with Crippen molar-refractivity contribution in [3.8, 4) is 0 Å². The predicted octanol–water partition coefficient (Wildman–Crippen LogP) is 2.94. The van der Waals surface area contributed by atoms with Gasteiger partial charge in [0.25, 0.3) is 0 Å². The van der Waals surface area contributed by atoms with E-state index in [0.717, 1.165) is 5.56 Å². The van der Waals surface area contributed by atoms with Gasteiger partial charge in [-0.25, -0.2) is 4.79 Å². The molecule has 2 rings (SSSR count). The highest BCUT2D eigenvalue weighted by Crippen LogP contribution is 2.09. The number of carbonyl (C=O) groups excluding carboxylic acids is 1. The summed E-state index contributed by atoms with van der Waals surface area (Å²) in [6.45, 7) is 0.563. The monoisotopic (exact) mass is 230 g/mol. The minimum atomic E-state index is -0.191. The van der Waals surface area contributed by atoms with Crippen LogP contribution >= 0.6 is 0 Å². The molecule has 0 aliphatic carbocycles. The average Bonchev–Trinajstić information content (AvgIpc) is 2.83. The van der Waals surface area contributed by atoms with Crippen LogP contribution in [0.3, 0.4) is 0 Å². The fourth-order valence-corrected chi connectivity index (χ4v) is 1.48. The highest BCUT2D eigenvalue weighted by molar-refractivity contribution is 5.87. The highest BCUT2D eigenvalue weighted by Gasteiger charge is 2.09. The Morgan fingerprint density at radius 2 is 2.00 bits per heavy atom. The van der Waals surface area contributed by atoms with Crippen LogP contribution in [0, 0.1) is 0 Å². The van der Waals surface area contributed by atoms with E-state index in [0.29, 0.717) is 12.4 Å². The number of anilines is 1. The maximum atomic E-state index is 11.8. The molecule has 0 saturated heterocycles. The Hall–Kier alpha value is -2.23. The molecule has 0 radical (unpaired) electrons. The van der Waals surface area contributed by atoms with Crippen molar-refractivity contribution in [2.24, 2.45) is 0 Å². The van der Waals surface area contributed by atoms with Crippen molar-refractivity contribution in [3.63, 3.8) is 0 Å². The fourth-order valence-electron chi connectivity index (χ4n) is 1.48. The van der Waals surface area contributed by atoms with E-state index in [1.54, 1.807) is 24.1 Å². The lowest BCUT2D eigenvalue weighted by Crippen LogP contribution is -2.30. The fraction of sp³-hybridized carbons (Fsp3) is 0.154. The minimum absolute atomic E-state index is 0.191. The van der Waals surface area contributed by atoms with Gasteiger partial charge in [0.15, 0.2) is 0 Å². The first-order chi connectivity index (χ1) is 8.25. The number of benzene rings is 1. The maximum Gasteiger partial charge on any atom is 0.324 e. The van der Waals surface area contributed by atoms with E-state index in [-0.39, 0.29) is 6.03 Å². The van der Waals surface area contributed by atoms with Crippen LogP contribution in [0.2, 0.25) is 0 Å². The van der Waals surface area contributed by atoms with Crippen LogP contribution in [0.1, 0.15) is 5.56 Å². The second-order valence-corrected chi connectivity index (χ2v) is 3.75. The van der Waals surface area contributed by atoms with Crippen molar-refractivity contribution in [3.05, 3.63) is 54.3 Å². The van der Waals surface area contributed by atoms with Gasteiger partial charge >= 0.3 is 6.03 Å². The van der Waals surface area contributed by atoms with E-state index < -0.39 is 0 Å². The topological polar surface area (TPSA) is 45.5 Å². The standard InChI is InChI=1S/C13H14N2O2/c1-15(10-11-6-3-2-4-7-11)13(16)14-12-8-5-9-17-12/h2-9H,10H2,1H3,(H,14,16). The second-order valence-electron chi connectivity index (χ2n) is 3.75. The van der Waals surface area contributed by atoms with Crippen LogP contribution in [0.15, 0.2) is 53.1 Å². The molecular weight excluding hydrogens is 216 g/mol. The molecule has 0 aliphatic rings. The van der Waals surface area contributed by atoms with E-state index in [1.165, 1.54) is 6.26 Å². The lowest BCUT2D eigenvalue weighted by molar-refractivity contribution is 0.220. The van der Waals surface area contributed by atoms with Crippen molar-refractivity contribution >= 4 is 11.9 Å². The largest absolute Gasteiger partial charge is 0.449 e. The molecule has 1 aromatic carbocycles. The summed E-state index contributed by atoms with van der Waals surface area (Å²) in [5, 5.41) is 2.66. The van der Waals surface area contributed by atoms with Crippen molar-refractivity contribution in [2.45, 2.75) is 6.54 Å². The van der Waals surface area contributed by atoms with Gasteiger partial charge in [-0.1, -0.05) is 30.3 Å². The van der Waals surface area contributed by atoms with Gasteiger partial charge in [-0.15, -0.1) is 0 Å². The van der Waals surface area contributed by atoms with E-state index >= 15 is 0 Å². The lowest BCUT2D eigenvalue weighted by atomic mass is 10.2. The molecule has 1 heterocycles. The van der Waals surface area contributed by atoms with Gasteiger partial charge in [-0.2, -0.15) is 0 Å². The molecule has 88 valence electrons. The third kappa shape index (κ3) is 3.11. The number of nitrogens with zero attached hydrogens (tertiary/aromatic N) is 1. The van der Waals surface area contributed by atoms with Crippen molar-refractivity contribution in [2.75, 3.05) is 12.4 Å². The van der Waals surface area contributed by atoms with Crippen molar-refractivity contribution in [1.29, 1.82) is 0 Å². The summed E-state index contributed by atoms with van der Waals surface area (Å²) in [6.07, 6.45) is 1.52. The number of hydrogen-bond acceptors (Lipinski definition) is 2. The SMILES string of the molecule is CN(Cc1ccccc1)C(=O)Nc1ccco1. The minimum Gasteiger partial charge on any atom is -0.449 e. The number of hydrogen-bond donors (Lipinski definition) is 1. The molecule has 2 aromatic rings. The van der Waals surface area contributed by atoms with Crippen LogP contribution in [0.25, 0.3) is 0 Å². The van der Waals surface area contributed by atoms with Crippen LogP contribution in [-0.4, -0.2) is 18.0 Å². The summed E-state index contributed by atoms with van der Waals surface area (Å²) in [5.74, 6) is 0.454. The Bertz CT molecular complexity index is 465. The molecule has 1 aromatic heterocycles. The van der Waals surface area contributed by atoms with Gasteiger partial charge in [-0.3, -0.25) is 5.32 Å². The van der Waals surface area contributed by atoms with Gasteiger partial charge in [0.05, 0.1) is 6.26 Å². The van der Waals surface area contributed by atoms with Gasteiger partial charge in [0, 0.05) is 19.7 Å². The molecule has 0 saturated carbocycles. The zero-order valence-electron chi connectivity index (χ0n) is 9.59. The van der Waals surface area contributed by atoms with Gasteiger partial charge in [0.2, 0.25) is 5.88 Å². The molecule has 2 amide bonds. The van der Waals surface area contributed by atoms with E-state index in [4.69, 9.17) is 4.42 Å². The lowest BCUT2D eigenvalue weighted by Gasteiger charge is -2.16. The molecule has 0 unspecified atom stereocenters. The Morgan fingerprint density at radius 1 is 1.24 bits per heavy atom. The Balaban J connectivity index is 1.92. The molecule has 4 nitrogen and oxygen atoms in total. The van der Waals surface area contributed by atoms with E-state index in [1.807, 2.05) is 30.3 Å². The van der Waals surface area contributed by atoms with Crippen LogP contribution in [0.5, 0.6) is 0 Å². The first-order valence-corrected chi connectivity index (χ1v) is 5.35. The average molecular weight is 230 g/mol. The first kappa shape index (κ1) is 11.3. The molecular formula is C13H14N2O2. The molecule has 0 fully saturated rings. The molecule has 0 bridgehead atoms. The third-order valence-electron chi connectivity index (χ3n) is 2.36. The molecule has 0 atom stereocenters. The third-order valence-corrected chi connectivity index (χ3v) is 2.36. The summed E-state index contributed by atoms with van der Waals surface area (Å²) in [7, 11) is 1.74.